The standard InChI is InChI=1S/C22H32N4O4/c1-17(2)30-19-10-8-18(9-11-19)25-22(24-15-21(27)26(3)4)23-12-6-13-28-16-20-7-5-14-29-20/h5,7-11,14,17H,6,12-13,15-16H2,1-4H3,(H2,23,24,25). The zero-order valence-corrected chi connectivity index (χ0v) is 18.2. The first-order chi connectivity index (χ1) is 14.4. The summed E-state index contributed by atoms with van der Waals surface area (Å²) in [6.07, 6.45) is 2.53. The van der Waals surface area contributed by atoms with Gasteiger partial charge in [0.1, 0.15) is 24.7 Å². The van der Waals surface area contributed by atoms with E-state index < -0.39 is 0 Å². The first-order valence-corrected chi connectivity index (χ1v) is 10.1. The highest BCUT2D eigenvalue weighted by molar-refractivity contribution is 5.95. The van der Waals surface area contributed by atoms with Crippen molar-refractivity contribution in [2.24, 2.45) is 4.99 Å². The lowest BCUT2D eigenvalue weighted by atomic mass is 10.3. The van der Waals surface area contributed by atoms with Gasteiger partial charge in [-0.3, -0.25) is 4.79 Å². The van der Waals surface area contributed by atoms with Crippen molar-refractivity contribution in [2.45, 2.75) is 33.0 Å². The average Bonchev–Trinajstić information content (AvgIpc) is 3.22. The summed E-state index contributed by atoms with van der Waals surface area (Å²) in [4.78, 5) is 17.8. The van der Waals surface area contributed by atoms with E-state index in [-0.39, 0.29) is 18.6 Å². The van der Waals surface area contributed by atoms with Crippen molar-refractivity contribution in [1.29, 1.82) is 0 Å². The molecule has 1 aromatic heterocycles. The molecule has 1 heterocycles. The Balaban J connectivity index is 1.84. The van der Waals surface area contributed by atoms with Crippen molar-refractivity contribution in [1.82, 2.24) is 10.2 Å². The molecule has 2 aromatic rings. The Kier molecular flexibility index (Phi) is 9.73. The van der Waals surface area contributed by atoms with Crippen molar-refractivity contribution >= 4 is 17.6 Å². The topological polar surface area (TPSA) is 88.3 Å². The van der Waals surface area contributed by atoms with E-state index in [4.69, 9.17) is 13.9 Å². The molecule has 164 valence electrons. The minimum Gasteiger partial charge on any atom is -0.491 e. The Hall–Kier alpha value is -3.00. The maximum atomic E-state index is 11.9. The number of guanidine groups is 1. The van der Waals surface area contributed by atoms with Crippen LogP contribution in [0.15, 0.2) is 52.1 Å². The number of nitrogens with one attached hydrogen (secondary N) is 2. The van der Waals surface area contributed by atoms with Crippen molar-refractivity contribution in [3.8, 4) is 5.75 Å². The molecule has 0 bridgehead atoms. The van der Waals surface area contributed by atoms with Crippen LogP contribution in [0.1, 0.15) is 26.0 Å². The SMILES string of the molecule is CC(C)Oc1ccc(NC(=NCC(=O)N(C)C)NCCCOCc2ccco2)cc1. The maximum absolute atomic E-state index is 11.9. The van der Waals surface area contributed by atoms with Gasteiger partial charge in [0.05, 0.1) is 12.4 Å². The quantitative estimate of drug-likeness (QED) is 0.332. The number of likely N-dealkylation sites (N-methyl/N-ethyl adjacent to an activating group) is 1. The van der Waals surface area contributed by atoms with Gasteiger partial charge in [0.15, 0.2) is 5.96 Å². The summed E-state index contributed by atoms with van der Waals surface area (Å²) in [6.45, 7) is 5.72. The van der Waals surface area contributed by atoms with Gasteiger partial charge in [0, 0.05) is 32.9 Å². The number of hydrogen-bond acceptors (Lipinski definition) is 5. The molecule has 0 aliphatic carbocycles. The Morgan fingerprint density at radius 1 is 1.20 bits per heavy atom. The summed E-state index contributed by atoms with van der Waals surface area (Å²) < 4.78 is 16.5. The molecule has 0 saturated heterocycles. The molecule has 0 aliphatic rings. The van der Waals surface area contributed by atoms with E-state index in [1.54, 1.807) is 20.4 Å². The third kappa shape index (κ3) is 9.00. The highest BCUT2D eigenvalue weighted by Gasteiger charge is 2.06. The molecule has 1 aromatic carbocycles. The summed E-state index contributed by atoms with van der Waals surface area (Å²) in [6, 6.07) is 11.3. The van der Waals surface area contributed by atoms with Gasteiger partial charge in [-0.1, -0.05) is 0 Å². The molecule has 0 radical (unpaired) electrons. The Bertz CT molecular complexity index is 771. The smallest absolute Gasteiger partial charge is 0.243 e. The molecule has 0 spiro atoms. The summed E-state index contributed by atoms with van der Waals surface area (Å²) in [7, 11) is 3.42. The van der Waals surface area contributed by atoms with Crippen molar-refractivity contribution in [3.63, 3.8) is 0 Å². The second kappa shape index (κ2) is 12.5. The second-order valence-corrected chi connectivity index (χ2v) is 7.18. The second-order valence-electron chi connectivity index (χ2n) is 7.18. The summed E-state index contributed by atoms with van der Waals surface area (Å²) in [5.41, 5.74) is 0.851. The van der Waals surface area contributed by atoms with Gasteiger partial charge in [-0.25, -0.2) is 4.99 Å². The lowest BCUT2D eigenvalue weighted by molar-refractivity contribution is -0.127. The number of anilines is 1. The molecule has 2 N–H and O–H groups in total. The number of rotatable bonds is 11. The van der Waals surface area contributed by atoms with E-state index in [2.05, 4.69) is 15.6 Å². The highest BCUT2D eigenvalue weighted by atomic mass is 16.5. The largest absolute Gasteiger partial charge is 0.491 e. The van der Waals surface area contributed by atoms with E-state index in [0.29, 0.717) is 25.7 Å². The van der Waals surface area contributed by atoms with E-state index in [9.17, 15) is 4.79 Å². The molecule has 30 heavy (non-hydrogen) atoms. The van der Waals surface area contributed by atoms with Gasteiger partial charge in [0.25, 0.3) is 0 Å². The van der Waals surface area contributed by atoms with Crippen LogP contribution in [-0.2, 0) is 16.1 Å². The van der Waals surface area contributed by atoms with Gasteiger partial charge in [-0.05, 0) is 56.7 Å². The number of carbonyl (C=O) groups excluding carboxylic acids is 1. The number of nitrogens with zero attached hydrogens (tertiary/aromatic N) is 2. The fraction of sp³-hybridized carbons (Fsp3) is 0.455. The highest BCUT2D eigenvalue weighted by Crippen LogP contribution is 2.16. The van der Waals surface area contributed by atoms with Crippen LogP contribution < -0.4 is 15.4 Å². The molecular formula is C22H32N4O4. The van der Waals surface area contributed by atoms with Crippen LogP contribution in [0.25, 0.3) is 0 Å². The number of ether oxygens (including phenoxy) is 2. The lowest BCUT2D eigenvalue weighted by Crippen LogP contribution is -2.34. The fourth-order valence-electron chi connectivity index (χ4n) is 2.40. The van der Waals surface area contributed by atoms with Gasteiger partial charge in [0.2, 0.25) is 5.91 Å². The number of benzene rings is 1. The van der Waals surface area contributed by atoms with E-state index >= 15 is 0 Å². The number of aliphatic imine (C=N–C) groups is 1. The molecule has 1 amide bonds. The van der Waals surface area contributed by atoms with Crippen molar-refractivity contribution in [3.05, 3.63) is 48.4 Å². The molecule has 0 atom stereocenters. The van der Waals surface area contributed by atoms with Crippen LogP contribution in [0.4, 0.5) is 5.69 Å². The normalized spacial score (nSPS) is 11.4. The summed E-state index contributed by atoms with van der Waals surface area (Å²) in [5.74, 6) is 2.07. The maximum Gasteiger partial charge on any atom is 0.243 e. The molecule has 2 rings (SSSR count). The molecule has 8 heteroatoms. The lowest BCUT2D eigenvalue weighted by Gasteiger charge is -2.15. The van der Waals surface area contributed by atoms with Crippen LogP contribution in [0.2, 0.25) is 0 Å². The first kappa shape index (κ1) is 23.3. The zero-order valence-electron chi connectivity index (χ0n) is 18.2. The first-order valence-electron chi connectivity index (χ1n) is 10.1. The van der Waals surface area contributed by atoms with Crippen LogP contribution in [0.3, 0.4) is 0 Å². The minimum absolute atomic E-state index is 0.0614. The number of amides is 1. The van der Waals surface area contributed by atoms with Crippen molar-refractivity contribution in [2.75, 3.05) is 39.1 Å². The molecule has 0 saturated carbocycles. The minimum atomic E-state index is -0.0708. The Morgan fingerprint density at radius 2 is 1.97 bits per heavy atom. The number of furan rings is 1. The third-order valence-electron chi connectivity index (χ3n) is 3.94. The third-order valence-corrected chi connectivity index (χ3v) is 3.94. The fourth-order valence-corrected chi connectivity index (χ4v) is 2.40. The predicted molar refractivity (Wildman–Crippen MR) is 118 cm³/mol. The van der Waals surface area contributed by atoms with Crippen molar-refractivity contribution < 1.29 is 18.7 Å². The van der Waals surface area contributed by atoms with Gasteiger partial charge >= 0.3 is 0 Å². The van der Waals surface area contributed by atoms with Crippen LogP contribution in [-0.4, -0.2) is 56.7 Å². The zero-order chi connectivity index (χ0) is 21.8. The van der Waals surface area contributed by atoms with Gasteiger partial charge in [-0.15, -0.1) is 0 Å². The Morgan fingerprint density at radius 3 is 2.60 bits per heavy atom. The molecule has 0 aliphatic heterocycles. The Labute approximate surface area is 178 Å². The molecular weight excluding hydrogens is 384 g/mol. The van der Waals surface area contributed by atoms with E-state index in [1.165, 1.54) is 4.90 Å². The van der Waals surface area contributed by atoms with Crippen LogP contribution in [0.5, 0.6) is 5.75 Å². The summed E-state index contributed by atoms with van der Waals surface area (Å²) in [5, 5.41) is 6.46. The van der Waals surface area contributed by atoms with Gasteiger partial charge < -0.3 is 29.4 Å². The molecule has 0 unspecified atom stereocenters. The number of hydrogen-bond donors (Lipinski definition) is 2. The predicted octanol–water partition coefficient (Wildman–Crippen LogP) is 3.12. The number of carbonyl (C=O) groups is 1. The van der Waals surface area contributed by atoms with Crippen LogP contribution >= 0.6 is 0 Å². The summed E-state index contributed by atoms with van der Waals surface area (Å²) >= 11 is 0. The molecule has 0 fully saturated rings. The monoisotopic (exact) mass is 416 g/mol. The van der Waals surface area contributed by atoms with Crippen LogP contribution in [0, 0.1) is 0 Å². The molecule has 8 nitrogen and oxygen atoms in total. The average molecular weight is 417 g/mol. The van der Waals surface area contributed by atoms with Gasteiger partial charge in [-0.2, -0.15) is 0 Å². The van der Waals surface area contributed by atoms with E-state index in [1.807, 2.05) is 50.2 Å². The van der Waals surface area contributed by atoms with E-state index in [0.717, 1.165) is 23.6 Å².